The lowest BCUT2D eigenvalue weighted by atomic mass is 10.1. The van der Waals surface area contributed by atoms with Crippen molar-refractivity contribution in [3.05, 3.63) is 53.6 Å². The maximum Gasteiger partial charge on any atom is 0.266 e. The number of benzene rings is 2. The lowest BCUT2D eigenvalue weighted by Gasteiger charge is -2.13. The molecule has 22 heavy (non-hydrogen) atoms. The third kappa shape index (κ3) is 1.88. The number of carbonyl (C=O) groups excluding carboxylic acids is 2. The van der Waals surface area contributed by atoms with Gasteiger partial charge in [0.05, 0.1) is 27.0 Å². The van der Waals surface area contributed by atoms with Gasteiger partial charge in [0, 0.05) is 0 Å². The average molecular weight is 326 g/mol. The van der Waals surface area contributed by atoms with E-state index in [1.807, 2.05) is 18.4 Å². The van der Waals surface area contributed by atoms with E-state index in [1.54, 1.807) is 53.4 Å². The van der Waals surface area contributed by atoms with E-state index in [0.717, 1.165) is 14.6 Å². The SMILES string of the molecule is CSc1nc2ccc(N3C(=O)c4ccccc4C3=O)cc2s1. The minimum Gasteiger partial charge on any atom is -0.268 e. The van der Waals surface area contributed by atoms with Crippen molar-refractivity contribution in [3.63, 3.8) is 0 Å². The van der Waals surface area contributed by atoms with E-state index < -0.39 is 0 Å². The molecule has 0 aliphatic carbocycles. The number of nitrogens with zero attached hydrogens (tertiary/aromatic N) is 2. The van der Waals surface area contributed by atoms with Gasteiger partial charge in [0.25, 0.3) is 11.8 Å². The topological polar surface area (TPSA) is 50.3 Å². The second kappa shape index (κ2) is 4.93. The number of imide groups is 1. The summed E-state index contributed by atoms with van der Waals surface area (Å²) in [5.41, 5.74) is 2.40. The minimum atomic E-state index is -0.269. The van der Waals surface area contributed by atoms with Crippen LogP contribution in [0.5, 0.6) is 0 Å². The Morgan fingerprint density at radius 2 is 1.73 bits per heavy atom. The van der Waals surface area contributed by atoms with Crippen molar-refractivity contribution in [1.82, 2.24) is 4.98 Å². The van der Waals surface area contributed by atoms with Gasteiger partial charge in [-0.05, 0) is 36.6 Å². The van der Waals surface area contributed by atoms with E-state index in [4.69, 9.17) is 0 Å². The summed E-state index contributed by atoms with van der Waals surface area (Å²) in [6, 6.07) is 12.4. The molecule has 1 aliphatic rings. The highest BCUT2D eigenvalue weighted by atomic mass is 32.2. The van der Waals surface area contributed by atoms with Crippen molar-refractivity contribution >= 4 is 50.8 Å². The van der Waals surface area contributed by atoms with Crippen molar-refractivity contribution in [1.29, 1.82) is 0 Å². The summed E-state index contributed by atoms with van der Waals surface area (Å²) in [5.74, 6) is -0.538. The van der Waals surface area contributed by atoms with Crippen LogP contribution in [0.2, 0.25) is 0 Å². The first kappa shape index (κ1) is 13.5. The van der Waals surface area contributed by atoms with Gasteiger partial charge in [0.2, 0.25) is 0 Å². The van der Waals surface area contributed by atoms with Crippen molar-refractivity contribution < 1.29 is 9.59 Å². The fourth-order valence-electron chi connectivity index (χ4n) is 2.54. The summed E-state index contributed by atoms with van der Waals surface area (Å²) >= 11 is 3.14. The molecule has 3 aromatic rings. The van der Waals surface area contributed by atoms with Gasteiger partial charge >= 0.3 is 0 Å². The fraction of sp³-hybridized carbons (Fsp3) is 0.0625. The normalized spacial score (nSPS) is 14.0. The minimum absolute atomic E-state index is 0.269. The standard InChI is InChI=1S/C16H10N2O2S2/c1-21-16-17-12-7-6-9(8-13(12)22-16)18-14(19)10-4-2-3-5-11(10)15(18)20/h2-8H,1H3. The number of thiazole rings is 1. The molecule has 0 radical (unpaired) electrons. The Morgan fingerprint density at radius 3 is 2.36 bits per heavy atom. The van der Waals surface area contributed by atoms with E-state index in [2.05, 4.69) is 4.98 Å². The molecule has 0 N–H and O–H groups in total. The molecule has 0 unspecified atom stereocenters. The third-order valence-electron chi connectivity index (χ3n) is 3.58. The number of fused-ring (bicyclic) bond motifs is 2. The van der Waals surface area contributed by atoms with Crippen molar-refractivity contribution in [2.45, 2.75) is 4.34 Å². The zero-order valence-electron chi connectivity index (χ0n) is 11.6. The van der Waals surface area contributed by atoms with Crippen LogP contribution in [-0.2, 0) is 0 Å². The van der Waals surface area contributed by atoms with Crippen molar-refractivity contribution in [2.75, 3.05) is 11.2 Å². The number of hydrogen-bond donors (Lipinski definition) is 0. The van der Waals surface area contributed by atoms with Gasteiger partial charge in [0.15, 0.2) is 4.34 Å². The highest BCUT2D eigenvalue weighted by Crippen LogP contribution is 2.34. The molecule has 0 bridgehead atoms. The molecule has 108 valence electrons. The van der Waals surface area contributed by atoms with E-state index in [-0.39, 0.29) is 11.8 Å². The summed E-state index contributed by atoms with van der Waals surface area (Å²) in [5, 5.41) is 0. The maximum atomic E-state index is 12.5. The Bertz CT molecular complexity index is 898. The van der Waals surface area contributed by atoms with Crippen LogP contribution in [0.25, 0.3) is 10.2 Å². The Hall–Kier alpha value is -2.18. The number of amides is 2. The third-order valence-corrected chi connectivity index (χ3v) is 5.58. The molecule has 0 saturated heterocycles. The molecule has 0 spiro atoms. The zero-order chi connectivity index (χ0) is 15.3. The second-order valence-electron chi connectivity index (χ2n) is 4.83. The summed E-state index contributed by atoms with van der Waals surface area (Å²) < 4.78 is 1.94. The van der Waals surface area contributed by atoms with Gasteiger partial charge in [-0.2, -0.15) is 0 Å². The number of anilines is 1. The highest BCUT2D eigenvalue weighted by Gasteiger charge is 2.36. The lowest BCUT2D eigenvalue weighted by Crippen LogP contribution is -2.29. The van der Waals surface area contributed by atoms with Crippen LogP contribution in [0.15, 0.2) is 46.8 Å². The van der Waals surface area contributed by atoms with Gasteiger partial charge in [-0.25, -0.2) is 9.88 Å². The fourth-order valence-corrected chi connectivity index (χ4v) is 4.06. The molecule has 0 atom stereocenters. The average Bonchev–Trinajstić information content (AvgIpc) is 3.07. The number of hydrogen-bond acceptors (Lipinski definition) is 5. The number of carbonyl (C=O) groups is 2. The molecule has 4 rings (SSSR count). The molecule has 4 nitrogen and oxygen atoms in total. The summed E-state index contributed by atoms with van der Waals surface area (Å²) in [6.45, 7) is 0. The summed E-state index contributed by atoms with van der Waals surface area (Å²) in [6.07, 6.45) is 1.97. The monoisotopic (exact) mass is 326 g/mol. The summed E-state index contributed by atoms with van der Waals surface area (Å²) in [4.78, 5) is 30.7. The molecule has 2 aromatic carbocycles. The van der Waals surface area contributed by atoms with Crippen LogP contribution in [0.3, 0.4) is 0 Å². The summed E-state index contributed by atoms with van der Waals surface area (Å²) in [7, 11) is 0. The smallest absolute Gasteiger partial charge is 0.266 e. The van der Waals surface area contributed by atoms with Gasteiger partial charge in [-0.3, -0.25) is 9.59 Å². The quantitative estimate of drug-likeness (QED) is 0.531. The van der Waals surface area contributed by atoms with Crippen molar-refractivity contribution in [2.24, 2.45) is 0 Å². The number of aromatic nitrogens is 1. The predicted molar refractivity (Wildman–Crippen MR) is 89.0 cm³/mol. The van der Waals surface area contributed by atoms with Gasteiger partial charge in [-0.15, -0.1) is 11.3 Å². The maximum absolute atomic E-state index is 12.5. The molecule has 1 aliphatic heterocycles. The molecular weight excluding hydrogens is 316 g/mol. The van der Waals surface area contributed by atoms with Crippen LogP contribution in [0.1, 0.15) is 20.7 Å². The van der Waals surface area contributed by atoms with Crippen LogP contribution < -0.4 is 4.90 Å². The molecule has 0 saturated carbocycles. The number of thioether (sulfide) groups is 1. The Balaban J connectivity index is 1.82. The van der Waals surface area contributed by atoms with Gasteiger partial charge < -0.3 is 0 Å². The van der Waals surface area contributed by atoms with Crippen LogP contribution >= 0.6 is 23.1 Å². The van der Waals surface area contributed by atoms with E-state index >= 15 is 0 Å². The van der Waals surface area contributed by atoms with Gasteiger partial charge in [0.1, 0.15) is 0 Å². The second-order valence-corrected chi connectivity index (χ2v) is 6.91. The molecular formula is C16H10N2O2S2. The van der Waals surface area contributed by atoms with Crippen molar-refractivity contribution in [3.8, 4) is 0 Å². The molecule has 2 heterocycles. The Labute approximate surface area is 134 Å². The van der Waals surface area contributed by atoms with Crippen LogP contribution in [0, 0.1) is 0 Å². The molecule has 2 amide bonds. The van der Waals surface area contributed by atoms with E-state index in [0.29, 0.717) is 16.8 Å². The first-order valence-electron chi connectivity index (χ1n) is 6.61. The first-order chi connectivity index (χ1) is 10.7. The lowest BCUT2D eigenvalue weighted by molar-refractivity contribution is 0.0926. The largest absolute Gasteiger partial charge is 0.268 e. The first-order valence-corrected chi connectivity index (χ1v) is 8.65. The van der Waals surface area contributed by atoms with E-state index in [9.17, 15) is 9.59 Å². The Morgan fingerprint density at radius 1 is 1.05 bits per heavy atom. The Kier molecular flexibility index (Phi) is 3.02. The predicted octanol–water partition coefficient (Wildman–Crippen LogP) is 3.82. The van der Waals surface area contributed by atoms with E-state index in [1.165, 1.54) is 4.90 Å². The number of rotatable bonds is 2. The molecule has 1 aromatic heterocycles. The molecule has 6 heteroatoms. The zero-order valence-corrected chi connectivity index (χ0v) is 13.2. The molecule has 0 fully saturated rings. The van der Waals surface area contributed by atoms with Crippen LogP contribution in [0.4, 0.5) is 5.69 Å². The van der Waals surface area contributed by atoms with Crippen LogP contribution in [-0.4, -0.2) is 23.1 Å². The van der Waals surface area contributed by atoms with Gasteiger partial charge in [-0.1, -0.05) is 23.9 Å². The highest BCUT2D eigenvalue weighted by molar-refractivity contribution is 8.00.